The first kappa shape index (κ1) is 20.5. The van der Waals surface area contributed by atoms with Crippen molar-refractivity contribution >= 4 is 40.5 Å². The molecular formula is C22H11Cl2F2NO2S. The van der Waals surface area contributed by atoms with E-state index in [1.165, 1.54) is 30.3 Å². The number of carbonyl (C=O) groups is 1. The summed E-state index contributed by atoms with van der Waals surface area (Å²) in [5, 5.41) is 12.4. The van der Waals surface area contributed by atoms with Crippen LogP contribution in [0.15, 0.2) is 60.0 Å². The number of aromatic nitrogens is 1. The number of rotatable bonds is 4. The van der Waals surface area contributed by atoms with Crippen LogP contribution in [0.5, 0.6) is 0 Å². The highest BCUT2D eigenvalue weighted by molar-refractivity contribution is 7.13. The lowest BCUT2D eigenvalue weighted by molar-refractivity contribution is 0.0693. The molecule has 0 amide bonds. The van der Waals surface area contributed by atoms with Crippen LogP contribution in [0.25, 0.3) is 33.0 Å². The second-order valence-corrected chi connectivity index (χ2v) is 7.97. The number of carboxylic acid groups (broad SMARTS) is 1. The largest absolute Gasteiger partial charge is 0.478 e. The molecule has 1 aromatic heterocycles. The SMILES string of the molecule is O=C(O)c1c(-c2ccccc2F)ccc(-c2nc(-c3ccc(Cl)c(Cl)c3)cs2)c1F. The number of halogens is 4. The van der Waals surface area contributed by atoms with Crippen LogP contribution in [-0.2, 0) is 0 Å². The molecule has 0 radical (unpaired) electrons. The first-order valence-electron chi connectivity index (χ1n) is 8.59. The van der Waals surface area contributed by atoms with E-state index in [0.29, 0.717) is 21.3 Å². The van der Waals surface area contributed by atoms with Gasteiger partial charge in [0, 0.05) is 27.6 Å². The minimum Gasteiger partial charge on any atom is -0.478 e. The van der Waals surface area contributed by atoms with E-state index in [1.54, 1.807) is 29.6 Å². The monoisotopic (exact) mass is 461 g/mol. The molecule has 4 rings (SSSR count). The van der Waals surface area contributed by atoms with Crippen LogP contribution in [0.4, 0.5) is 8.78 Å². The standard InChI is InChI=1S/C22H11Cl2F2NO2S/c23-15-8-5-11(9-16(15)24)18-10-30-21(27-18)14-7-6-13(19(20(14)26)22(28)29)12-3-1-2-4-17(12)25/h1-10H,(H,28,29). The van der Waals surface area contributed by atoms with E-state index in [0.717, 1.165) is 11.3 Å². The molecule has 1 N–H and O–H groups in total. The molecule has 0 saturated heterocycles. The van der Waals surface area contributed by atoms with E-state index in [1.807, 2.05) is 0 Å². The number of carboxylic acids is 1. The summed E-state index contributed by atoms with van der Waals surface area (Å²) in [6.45, 7) is 0. The van der Waals surface area contributed by atoms with Crippen molar-refractivity contribution in [2.45, 2.75) is 0 Å². The molecule has 0 aliphatic heterocycles. The Morgan fingerprint density at radius 3 is 2.37 bits per heavy atom. The maximum atomic E-state index is 15.2. The van der Waals surface area contributed by atoms with E-state index < -0.39 is 23.2 Å². The smallest absolute Gasteiger partial charge is 0.339 e. The minimum absolute atomic E-state index is 0.0102. The summed E-state index contributed by atoms with van der Waals surface area (Å²) < 4.78 is 29.4. The van der Waals surface area contributed by atoms with Crippen LogP contribution in [0.1, 0.15) is 10.4 Å². The van der Waals surface area contributed by atoms with Crippen molar-refractivity contribution in [3.63, 3.8) is 0 Å². The zero-order valence-corrected chi connectivity index (χ0v) is 17.3. The number of benzene rings is 3. The van der Waals surface area contributed by atoms with Crippen molar-refractivity contribution in [1.82, 2.24) is 4.98 Å². The Balaban J connectivity index is 1.82. The highest BCUT2D eigenvalue weighted by Gasteiger charge is 2.24. The summed E-state index contributed by atoms with van der Waals surface area (Å²) in [7, 11) is 0. The molecule has 0 bridgehead atoms. The molecule has 3 nitrogen and oxygen atoms in total. The van der Waals surface area contributed by atoms with Crippen molar-refractivity contribution < 1.29 is 18.7 Å². The molecule has 4 aromatic rings. The normalized spacial score (nSPS) is 10.9. The molecule has 1 heterocycles. The maximum absolute atomic E-state index is 15.2. The lowest BCUT2D eigenvalue weighted by Crippen LogP contribution is -2.06. The van der Waals surface area contributed by atoms with E-state index in [4.69, 9.17) is 23.2 Å². The van der Waals surface area contributed by atoms with E-state index in [-0.39, 0.29) is 21.7 Å². The summed E-state index contributed by atoms with van der Waals surface area (Å²) in [4.78, 5) is 16.2. The summed E-state index contributed by atoms with van der Waals surface area (Å²) >= 11 is 13.1. The van der Waals surface area contributed by atoms with Gasteiger partial charge in [-0.05, 0) is 24.3 Å². The Hall–Kier alpha value is -2.80. The minimum atomic E-state index is -1.49. The molecular weight excluding hydrogens is 451 g/mol. The predicted octanol–water partition coefficient (Wildman–Crippen LogP) is 7.43. The number of aromatic carboxylic acids is 1. The van der Waals surface area contributed by atoms with Gasteiger partial charge in [-0.2, -0.15) is 0 Å². The van der Waals surface area contributed by atoms with Crippen LogP contribution >= 0.6 is 34.5 Å². The summed E-state index contributed by atoms with van der Waals surface area (Å²) in [6, 6.07) is 13.4. The summed E-state index contributed by atoms with van der Waals surface area (Å²) in [5.74, 6) is -3.10. The Morgan fingerprint density at radius 1 is 0.933 bits per heavy atom. The third-order valence-electron chi connectivity index (χ3n) is 4.47. The van der Waals surface area contributed by atoms with Gasteiger partial charge in [0.05, 0.1) is 15.7 Å². The quantitative estimate of drug-likeness (QED) is 0.343. The van der Waals surface area contributed by atoms with E-state index >= 15 is 4.39 Å². The van der Waals surface area contributed by atoms with Gasteiger partial charge in [-0.15, -0.1) is 11.3 Å². The Bertz CT molecular complexity index is 1290. The molecule has 0 unspecified atom stereocenters. The molecule has 30 heavy (non-hydrogen) atoms. The molecule has 3 aromatic carbocycles. The fourth-order valence-corrected chi connectivity index (χ4v) is 4.19. The zero-order valence-electron chi connectivity index (χ0n) is 15.0. The molecule has 0 fully saturated rings. The Labute approximate surface area is 184 Å². The molecule has 0 spiro atoms. The first-order valence-corrected chi connectivity index (χ1v) is 10.2. The maximum Gasteiger partial charge on any atom is 0.339 e. The molecule has 150 valence electrons. The van der Waals surface area contributed by atoms with Crippen LogP contribution in [0.2, 0.25) is 10.0 Å². The zero-order chi connectivity index (χ0) is 21.4. The van der Waals surface area contributed by atoms with E-state index in [9.17, 15) is 14.3 Å². The second kappa shape index (κ2) is 8.14. The van der Waals surface area contributed by atoms with Crippen molar-refractivity contribution in [3.05, 3.63) is 87.2 Å². The van der Waals surface area contributed by atoms with Gasteiger partial charge in [0.1, 0.15) is 22.2 Å². The Morgan fingerprint density at radius 2 is 1.67 bits per heavy atom. The van der Waals surface area contributed by atoms with Crippen LogP contribution in [0, 0.1) is 11.6 Å². The first-order chi connectivity index (χ1) is 14.4. The van der Waals surface area contributed by atoms with Gasteiger partial charge in [0.15, 0.2) is 0 Å². The number of nitrogens with zero attached hydrogens (tertiary/aromatic N) is 1. The number of hydrogen-bond acceptors (Lipinski definition) is 3. The van der Waals surface area contributed by atoms with Gasteiger partial charge in [0.25, 0.3) is 0 Å². The molecule has 0 atom stereocenters. The van der Waals surface area contributed by atoms with Crippen LogP contribution < -0.4 is 0 Å². The van der Waals surface area contributed by atoms with Crippen molar-refractivity contribution in [2.24, 2.45) is 0 Å². The topological polar surface area (TPSA) is 50.2 Å². The van der Waals surface area contributed by atoms with Gasteiger partial charge in [-0.1, -0.05) is 53.5 Å². The van der Waals surface area contributed by atoms with Crippen LogP contribution in [0.3, 0.4) is 0 Å². The average molecular weight is 462 g/mol. The van der Waals surface area contributed by atoms with Gasteiger partial charge in [-0.3, -0.25) is 0 Å². The van der Waals surface area contributed by atoms with Gasteiger partial charge in [0.2, 0.25) is 0 Å². The van der Waals surface area contributed by atoms with Gasteiger partial charge in [-0.25, -0.2) is 18.6 Å². The molecule has 8 heteroatoms. The van der Waals surface area contributed by atoms with Crippen molar-refractivity contribution in [2.75, 3.05) is 0 Å². The van der Waals surface area contributed by atoms with Gasteiger partial charge >= 0.3 is 5.97 Å². The number of thiazole rings is 1. The Kier molecular flexibility index (Phi) is 5.56. The highest BCUT2D eigenvalue weighted by atomic mass is 35.5. The molecule has 0 aliphatic rings. The molecule has 0 saturated carbocycles. The van der Waals surface area contributed by atoms with Crippen molar-refractivity contribution in [1.29, 1.82) is 0 Å². The lowest BCUT2D eigenvalue weighted by atomic mass is 9.96. The second-order valence-electron chi connectivity index (χ2n) is 6.30. The lowest BCUT2D eigenvalue weighted by Gasteiger charge is -2.11. The summed E-state index contributed by atoms with van der Waals surface area (Å²) in [6.07, 6.45) is 0. The van der Waals surface area contributed by atoms with Crippen LogP contribution in [-0.4, -0.2) is 16.1 Å². The summed E-state index contributed by atoms with van der Waals surface area (Å²) in [5.41, 5.74) is 0.614. The third-order valence-corrected chi connectivity index (χ3v) is 6.08. The average Bonchev–Trinajstić information content (AvgIpc) is 3.20. The molecule has 0 aliphatic carbocycles. The van der Waals surface area contributed by atoms with Crippen molar-refractivity contribution in [3.8, 4) is 33.0 Å². The fourth-order valence-electron chi connectivity index (χ4n) is 3.04. The van der Waals surface area contributed by atoms with Gasteiger partial charge < -0.3 is 5.11 Å². The fraction of sp³-hybridized carbons (Fsp3) is 0. The number of hydrogen-bond donors (Lipinski definition) is 1. The highest BCUT2D eigenvalue weighted by Crippen LogP contribution is 2.37. The predicted molar refractivity (Wildman–Crippen MR) is 115 cm³/mol. The van der Waals surface area contributed by atoms with E-state index in [2.05, 4.69) is 4.98 Å². The third kappa shape index (κ3) is 3.69.